The van der Waals surface area contributed by atoms with Crippen LogP contribution in [0.2, 0.25) is 0 Å². The number of nitrogens with one attached hydrogen (secondary N) is 2. The van der Waals surface area contributed by atoms with Gasteiger partial charge in [-0.1, -0.05) is 36.4 Å². The third kappa shape index (κ3) is 6.10. The van der Waals surface area contributed by atoms with Gasteiger partial charge in [-0.3, -0.25) is 4.79 Å². The summed E-state index contributed by atoms with van der Waals surface area (Å²) in [7, 11) is 0. The Morgan fingerprint density at radius 1 is 0.912 bits per heavy atom. The van der Waals surface area contributed by atoms with Crippen molar-refractivity contribution in [1.29, 1.82) is 0 Å². The molecule has 3 aromatic rings. The molecule has 0 unspecified atom stereocenters. The fourth-order valence-corrected chi connectivity index (χ4v) is 3.74. The van der Waals surface area contributed by atoms with E-state index in [0.717, 1.165) is 17.7 Å². The first-order valence-corrected chi connectivity index (χ1v) is 11.1. The standard InChI is InChI=1S/C26H25F2N3O3/c27-23-10-9-22(16-24(23)28)34-21-11-13-31(14-12-21)26(33)30-20-8-4-7-19(15-20)25(32)29-17-18-5-2-1-3-6-18/h1-10,15-16,21H,11-14,17H2,(H,29,32)(H,30,33). The molecule has 1 saturated heterocycles. The second-order valence-electron chi connectivity index (χ2n) is 8.06. The lowest BCUT2D eigenvalue weighted by molar-refractivity contribution is 0.0950. The summed E-state index contributed by atoms with van der Waals surface area (Å²) in [5.41, 5.74) is 1.97. The molecular formula is C26H25F2N3O3. The van der Waals surface area contributed by atoms with E-state index >= 15 is 0 Å². The number of hydrogen-bond acceptors (Lipinski definition) is 3. The van der Waals surface area contributed by atoms with Gasteiger partial charge in [-0.25, -0.2) is 13.6 Å². The molecule has 4 rings (SSSR count). The van der Waals surface area contributed by atoms with Gasteiger partial charge in [-0.2, -0.15) is 0 Å². The van der Waals surface area contributed by atoms with Crippen LogP contribution >= 0.6 is 0 Å². The lowest BCUT2D eigenvalue weighted by Gasteiger charge is -2.32. The molecule has 8 heteroatoms. The van der Waals surface area contributed by atoms with E-state index in [4.69, 9.17) is 4.74 Å². The van der Waals surface area contributed by atoms with Crippen LogP contribution in [0.15, 0.2) is 72.8 Å². The van der Waals surface area contributed by atoms with Gasteiger partial charge in [0.2, 0.25) is 0 Å². The molecule has 0 radical (unpaired) electrons. The third-order valence-electron chi connectivity index (χ3n) is 5.59. The molecule has 0 bridgehead atoms. The van der Waals surface area contributed by atoms with Crippen molar-refractivity contribution >= 4 is 17.6 Å². The number of urea groups is 1. The highest BCUT2D eigenvalue weighted by Gasteiger charge is 2.24. The number of carbonyl (C=O) groups excluding carboxylic acids is 2. The lowest BCUT2D eigenvalue weighted by atomic mass is 10.1. The van der Waals surface area contributed by atoms with E-state index < -0.39 is 11.6 Å². The summed E-state index contributed by atoms with van der Waals surface area (Å²) in [5, 5.41) is 5.70. The molecular weight excluding hydrogens is 440 g/mol. The zero-order valence-corrected chi connectivity index (χ0v) is 18.5. The number of amides is 3. The molecule has 0 aromatic heterocycles. The van der Waals surface area contributed by atoms with Crippen molar-refractivity contribution < 1.29 is 23.1 Å². The molecule has 6 nitrogen and oxygen atoms in total. The number of rotatable bonds is 6. The summed E-state index contributed by atoms with van der Waals surface area (Å²) in [6.07, 6.45) is 0.938. The first kappa shape index (κ1) is 23.2. The van der Waals surface area contributed by atoms with Gasteiger partial charge in [-0.05, 0) is 35.9 Å². The van der Waals surface area contributed by atoms with Gasteiger partial charge in [-0.15, -0.1) is 0 Å². The Hall–Kier alpha value is -3.94. The van der Waals surface area contributed by atoms with E-state index in [9.17, 15) is 18.4 Å². The Kier molecular flexibility index (Phi) is 7.37. The predicted molar refractivity (Wildman–Crippen MR) is 125 cm³/mol. The predicted octanol–water partition coefficient (Wildman–Crippen LogP) is 4.97. The second-order valence-corrected chi connectivity index (χ2v) is 8.06. The molecule has 0 aliphatic carbocycles. The lowest BCUT2D eigenvalue weighted by Crippen LogP contribution is -2.43. The molecule has 1 fully saturated rings. The minimum Gasteiger partial charge on any atom is -0.490 e. The Morgan fingerprint density at radius 2 is 1.68 bits per heavy atom. The van der Waals surface area contributed by atoms with Crippen LogP contribution in [0.5, 0.6) is 5.75 Å². The molecule has 1 aliphatic rings. The maximum absolute atomic E-state index is 13.4. The van der Waals surface area contributed by atoms with Crippen molar-refractivity contribution in [3.8, 4) is 5.75 Å². The third-order valence-corrected chi connectivity index (χ3v) is 5.59. The molecule has 3 aromatic carbocycles. The van der Waals surface area contributed by atoms with Gasteiger partial charge >= 0.3 is 6.03 Å². The van der Waals surface area contributed by atoms with E-state index in [1.807, 2.05) is 30.3 Å². The molecule has 0 saturated carbocycles. The van der Waals surface area contributed by atoms with Gasteiger partial charge in [0.1, 0.15) is 11.9 Å². The Balaban J connectivity index is 1.27. The number of hydrogen-bond donors (Lipinski definition) is 2. The SMILES string of the molecule is O=C(NCc1ccccc1)c1cccc(NC(=O)N2CCC(Oc3ccc(F)c(F)c3)CC2)c1. The number of ether oxygens (including phenoxy) is 1. The highest BCUT2D eigenvalue weighted by molar-refractivity contribution is 5.96. The quantitative estimate of drug-likeness (QED) is 0.540. The number of carbonyl (C=O) groups is 2. The molecule has 0 atom stereocenters. The van der Waals surface area contributed by atoms with Crippen molar-refractivity contribution in [3.05, 3.63) is 95.6 Å². The fourth-order valence-electron chi connectivity index (χ4n) is 3.74. The topological polar surface area (TPSA) is 70.7 Å². The molecule has 1 heterocycles. The van der Waals surface area contributed by atoms with E-state index in [1.165, 1.54) is 6.07 Å². The summed E-state index contributed by atoms with van der Waals surface area (Å²) >= 11 is 0. The number of likely N-dealkylation sites (tertiary alicyclic amines) is 1. The maximum atomic E-state index is 13.4. The summed E-state index contributed by atoms with van der Waals surface area (Å²) in [4.78, 5) is 26.8. The number of benzene rings is 3. The monoisotopic (exact) mass is 465 g/mol. The van der Waals surface area contributed by atoms with Crippen LogP contribution in [0.4, 0.5) is 19.3 Å². The van der Waals surface area contributed by atoms with E-state index in [0.29, 0.717) is 43.7 Å². The van der Waals surface area contributed by atoms with Gasteiger partial charge in [0.05, 0.1) is 0 Å². The molecule has 2 N–H and O–H groups in total. The number of nitrogens with zero attached hydrogens (tertiary/aromatic N) is 1. The molecule has 3 amide bonds. The minimum absolute atomic E-state index is 0.189. The Labute approximate surface area is 196 Å². The zero-order valence-electron chi connectivity index (χ0n) is 18.5. The van der Waals surface area contributed by atoms with Crippen molar-refractivity contribution in [2.45, 2.75) is 25.5 Å². The van der Waals surface area contributed by atoms with Crippen LogP contribution in [-0.2, 0) is 6.54 Å². The van der Waals surface area contributed by atoms with Crippen molar-refractivity contribution in [2.75, 3.05) is 18.4 Å². The Bertz CT molecular complexity index is 1150. The molecule has 1 aliphatic heterocycles. The first-order chi connectivity index (χ1) is 16.5. The minimum atomic E-state index is -0.953. The van der Waals surface area contributed by atoms with Gasteiger partial charge < -0.3 is 20.3 Å². The average molecular weight is 466 g/mol. The van der Waals surface area contributed by atoms with E-state index in [-0.39, 0.29) is 23.8 Å². The maximum Gasteiger partial charge on any atom is 0.321 e. The van der Waals surface area contributed by atoms with Crippen LogP contribution in [-0.4, -0.2) is 36.0 Å². The van der Waals surface area contributed by atoms with Crippen molar-refractivity contribution in [3.63, 3.8) is 0 Å². The summed E-state index contributed by atoms with van der Waals surface area (Å²) < 4.78 is 32.2. The normalized spacial score (nSPS) is 13.9. The molecule has 0 spiro atoms. The van der Waals surface area contributed by atoms with Crippen LogP contribution in [0.25, 0.3) is 0 Å². The van der Waals surface area contributed by atoms with Gasteiger partial charge in [0.15, 0.2) is 11.6 Å². The van der Waals surface area contributed by atoms with Gasteiger partial charge in [0, 0.05) is 49.8 Å². The summed E-state index contributed by atoms with van der Waals surface area (Å²) in [6.45, 7) is 1.33. The Morgan fingerprint density at radius 3 is 2.41 bits per heavy atom. The summed E-state index contributed by atoms with van der Waals surface area (Å²) in [5.74, 6) is -1.83. The van der Waals surface area contributed by atoms with Gasteiger partial charge in [0.25, 0.3) is 5.91 Å². The summed E-state index contributed by atoms with van der Waals surface area (Å²) in [6, 6.07) is 19.6. The van der Waals surface area contributed by atoms with Crippen LogP contribution < -0.4 is 15.4 Å². The molecule has 176 valence electrons. The van der Waals surface area contributed by atoms with Crippen molar-refractivity contribution in [2.24, 2.45) is 0 Å². The molecule has 34 heavy (non-hydrogen) atoms. The van der Waals surface area contributed by atoms with Crippen LogP contribution in [0, 0.1) is 11.6 Å². The fraction of sp³-hybridized carbons (Fsp3) is 0.231. The average Bonchev–Trinajstić information content (AvgIpc) is 2.86. The largest absolute Gasteiger partial charge is 0.490 e. The first-order valence-electron chi connectivity index (χ1n) is 11.1. The zero-order chi connectivity index (χ0) is 23.9. The highest BCUT2D eigenvalue weighted by atomic mass is 19.2. The smallest absolute Gasteiger partial charge is 0.321 e. The highest BCUT2D eigenvalue weighted by Crippen LogP contribution is 2.22. The van der Waals surface area contributed by atoms with Crippen molar-refractivity contribution in [1.82, 2.24) is 10.2 Å². The number of anilines is 1. The van der Waals surface area contributed by atoms with Crippen LogP contribution in [0.1, 0.15) is 28.8 Å². The number of halogens is 2. The van der Waals surface area contributed by atoms with Crippen LogP contribution in [0.3, 0.4) is 0 Å². The van der Waals surface area contributed by atoms with E-state index in [1.54, 1.807) is 29.2 Å². The van der Waals surface area contributed by atoms with E-state index in [2.05, 4.69) is 10.6 Å². The number of piperidine rings is 1. The second kappa shape index (κ2) is 10.8.